The van der Waals surface area contributed by atoms with Crippen LogP contribution in [0.3, 0.4) is 0 Å². The molecular weight excluding hydrogens is 291 g/mol. The minimum Gasteiger partial charge on any atom is -0.868 e. The van der Waals surface area contributed by atoms with Crippen molar-refractivity contribution >= 4 is 23.4 Å². The van der Waals surface area contributed by atoms with Crippen LogP contribution in [0.15, 0.2) is 48.3 Å². The van der Waals surface area contributed by atoms with Crippen molar-refractivity contribution in [2.45, 2.75) is 6.92 Å². The molecule has 0 fully saturated rings. The fraction of sp³-hybridized carbons (Fsp3) is 0.143. The van der Waals surface area contributed by atoms with Crippen molar-refractivity contribution in [2.75, 3.05) is 6.61 Å². The van der Waals surface area contributed by atoms with Crippen LogP contribution in [0.5, 0.6) is 0 Å². The van der Waals surface area contributed by atoms with E-state index in [1.165, 1.54) is 12.2 Å². The number of ether oxygens (including phenoxy) is 1. The van der Waals surface area contributed by atoms with Gasteiger partial charge in [-0.15, -0.1) is 0 Å². The average Bonchev–Trinajstić information content (AvgIpc) is 2.39. The van der Waals surface area contributed by atoms with Crippen molar-refractivity contribution in [2.24, 2.45) is 0 Å². The third-order valence-corrected chi connectivity index (χ3v) is 2.35. The second kappa shape index (κ2) is 9.77. The number of carbonyl (C=O) groups is 2. The van der Waals surface area contributed by atoms with Gasteiger partial charge in [-0.1, -0.05) is 23.8 Å². The molecule has 0 N–H and O–H groups in total. The number of benzene rings is 1. The summed E-state index contributed by atoms with van der Waals surface area (Å²) in [6, 6.07) is 6.33. The van der Waals surface area contributed by atoms with Crippen molar-refractivity contribution in [1.29, 1.82) is 0 Å². The van der Waals surface area contributed by atoms with E-state index in [0.29, 0.717) is 10.6 Å². The quantitative estimate of drug-likeness (QED) is 0.173. The van der Waals surface area contributed by atoms with E-state index in [9.17, 15) is 14.7 Å². The number of allylic oxidation sites excluding steroid dienone is 3. The zero-order valence-electron chi connectivity index (χ0n) is 11.3. The third-order valence-electron chi connectivity index (χ3n) is 2.10. The molecule has 0 radical (unpaired) electrons. The monoisotopic (exact) mass is 302 g/mol. The third kappa shape index (κ3) is 6.39. The van der Waals surface area contributed by atoms with Gasteiger partial charge in [0.2, 0.25) is 0 Å². The van der Waals surface area contributed by atoms with Gasteiger partial charge in [-0.05, 0) is 43.0 Å². The smallest absolute Gasteiger partial charge is 0.868 e. The van der Waals surface area contributed by atoms with E-state index >= 15 is 0 Å². The van der Waals surface area contributed by atoms with Gasteiger partial charge in [0.25, 0.3) is 0 Å². The summed E-state index contributed by atoms with van der Waals surface area (Å²) in [6.07, 6.45) is 3.41. The maximum atomic E-state index is 11.7. The van der Waals surface area contributed by atoms with Crippen LogP contribution in [0.25, 0.3) is 0 Å². The van der Waals surface area contributed by atoms with E-state index in [0.717, 1.165) is 6.08 Å². The van der Waals surface area contributed by atoms with Crippen molar-refractivity contribution < 1.29 is 49.0 Å². The average molecular weight is 303 g/mol. The molecule has 1 aromatic rings. The predicted molar refractivity (Wildman–Crippen MR) is 69.6 cm³/mol. The Kier molecular flexibility index (Phi) is 9.25. The Labute approximate surface area is 144 Å². The van der Waals surface area contributed by atoms with Gasteiger partial charge in [0.05, 0.1) is 6.61 Å². The van der Waals surface area contributed by atoms with Gasteiger partial charge in [0.1, 0.15) is 0 Å². The molecule has 0 aliphatic carbocycles. The molecule has 6 heteroatoms. The Balaban J connectivity index is 0.00000361. The summed E-state index contributed by atoms with van der Waals surface area (Å²) < 4.78 is 4.51. The van der Waals surface area contributed by atoms with E-state index in [1.54, 1.807) is 31.2 Å². The summed E-state index contributed by atoms with van der Waals surface area (Å²) in [5.74, 6) is -2.03. The summed E-state index contributed by atoms with van der Waals surface area (Å²) in [5.41, 5.74) is 0.442. The Hall–Kier alpha value is -1.07. The molecule has 20 heavy (non-hydrogen) atoms. The molecule has 1 aromatic carbocycles. The number of hydrogen-bond donors (Lipinski definition) is 0. The zero-order chi connectivity index (χ0) is 14.3. The fourth-order valence-electron chi connectivity index (χ4n) is 1.20. The predicted octanol–water partition coefficient (Wildman–Crippen LogP) is -1.11. The van der Waals surface area contributed by atoms with Gasteiger partial charge >= 0.3 is 35.5 Å². The SMILES string of the molecule is CCOC(=O)/C([O-])=C/C=C/C(=O)c1ccc(Cl)cc1.[Na+]. The Morgan fingerprint density at radius 2 is 1.90 bits per heavy atom. The minimum absolute atomic E-state index is 0. The molecule has 0 amide bonds. The number of halogens is 1. The molecule has 0 aromatic heterocycles. The van der Waals surface area contributed by atoms with Crippen LogP contribution in [0.2, 0.25) is 5.02 Å². The summed E-state index contributed by atoms with van der Waals surface area (Å²) in [4.78, 5) is 22.6. The summed E-state index contributed by atoms with van der Waals surface area (Å²) in [6.45, 7) is 1.73. The van der Waals surface area contributed by atoms with Gasteiger partial charge in [0, 0.05) is 10.6 Å². The molecule has 0 aliphatic rings. The number of ketones is 1. The largest absolute Gasteiger partial charge is 1.00 e. The normalized spacial score (nSPS) is 11.0. The van der Waals surface area contributed by atoms with Gasteiger partial charge in [0.15, 0.2) is 5.78 Å². The zero-order valence-corrected chi connectivity index (χ0v) is 14.0. The minimum atomic E-state index is -0.939. The van der Waals surface area contributed by atoms with E-state index in [1.807, 2.05) is 0 Å². The van der Waals surface area contributed by atoms with Crippen molar-refractivity contribution in [3.05, 3.63) is 58.8 Å². The maximum Gasteiger partial charge on any atom is 1.00 e. The van der Waals surface area contributed by atoms with Crippen LogP contribution >= 0.6 is 11.6 Å². The summed E-state index contributed by atoms with van der Waals surface area (Å²) >= 11 is 5.70. The van der Waals surface area contributed by atoms with Crippen molar-refractivity contribution in [3.8, 4) is 0 Å². The van der Waals surface area contributed by atoms with Gasteiger partial charge in [-0.25, -0.2) is 4.79 Å². The number of esters is 1. The van der Waals surface area contributed by atoms with Gasteiger partial charge in [-0.2, -0.15) is 0 Å². The van der Waals surface area contributed by atoms with Crippen molar-refractivity contribution in [3.63, 3.8) is 0 Å². The van der Waals surface area contributed by atoms with Gasteiger partial charge in [-0.3, -0.25) is 4.79 Å². The van der Waals surface area contributed by atoms with E-state index in [-0.39, 0.29) is 41.9 Å². The molecular formula is C14H12ClNaO4. The first-order valence-corrected chi connectivity index (χ1v) is 5.94. The van der Waals surface area contributed by atoms with E-state index in [4.69, 9.17) is 11.6 Å². The molecule has 1 rings (SSSR count). The Morgan fingerprint density at radius 3 is 2.45 bits per heavy atom. The molecule has 0 atom stereocenters. The van der Waals surface area contributed by atoms with E-state index < -0.39 is 11.7 Å². The number of hydrogen-bond acceptors (Lipinski definition) is 4. The van der Waals surface area contributed by atoms with E-state index in [2.05, 4.69) is 4.74 Å². The Morgan fingerprint density at radius 1 is 1.30 bits per heavy atom. The second-order valence-electron chi connectivity index (χ2n) is 3.48. The summed E-state index contributed by atoms with van der Waals surface area (Å²) in [7, 11) is 0. The molecule has 0 unspecified atom stereocenters. The molecule has 0 spiro atoms. The molecule has 0 saturated carbocycles. The molecule has 4 nitrogen and oxygen atoms in total. The second-order valence-corrected chi connectivity index (χ2v) is 3.92. The van der Waals surface area contributed by atoms with Crippen LogP contribution in [0.1, 0.15) is 17.3 Å². The first-order valence-electron chi connectivity index (χ1n) is 5.57. The Bertz CT molecular complexity index is 520. The molecule has 0 bridgehead atoms. The van der Waals surface area contributed by atoms with Crippen LogP contribution in [-0.4, -0.2) is 18.4 Å². The molecule has 100 valence electrons. The number of rotatable bonds is 5. The van der Waals surface area contributed by atoms with Crippen LogP contribution in [0, 0.1) is 0 Å². The van der Waals surface area contributed by atoms with Crippen LogP contribution in [0.4, 0.5) is 0 Å². The van der Waals surface area contributed by atoms with Crippen molar-refractivity contribution in [1.82, 2.24) is 0 Å². The fourth-order valence-corrected chi connectivity index (χ4v) is 1.33. The maximum absolute atomic E-state index is 11.7. The molecule has 0 aliphatic heterocycles. The topological polar surface area (TPSA) is 66.4 Å². The first kappa shape index (κ1) is 18.9. The standard InChI is InChI=1S/C14H13ClO4.Na/c1-2-19-14(18)13(17)5-3-4-12(16)10-6-8-11(15)9-7-10;/h3-9,17H,2H2,1H3;/q;+1/p-1/b4-3+,13-5-;. The van der Waals surface area contributed by atoms with Crippen LogP contribution < -0.4 is 34.7 Å². The van der Waals surface area contributed by atoms with Gasteiger partial charge < -0.3 is 9.84 Å². The first-order chi connectivity index (χ1) is 9.04. The summed E-state index contributed by atoms with van der Waals surface area (Å²) in [5, 5.41) is 11.7. The molecule has 0 saturated heterocycles. The molecule has 0 heterocycles. The number of carbonyl (C=O) groups excluding carboxylic acids is 2. The van der Waals surface area contributed by atoms with Crippen LogP contribution in [-0.2, 0) is 9.53 Å².